The molecule has 16 heavy (non-hydrogen) atoms. The summed E-state index contributed by atoms with van der Waals surface area (Å²) in [6.07, 6.45) is 0. The zero-order valence-electron chi connectivity index (χ0n) is 11.2. The number of aromatic hydroxyl groups is 1. The molecular weight excluding hydrogens is 198 g/mol. The van der Waals surface area contributed by atoms with Crippen molar-refractivity contribution in [1.29, 1.82) is 0 Å². The van der Waals surface area contributed by atoms with Crippen LogP contribution in [0.15, 0.2) is 6.07 Å². The van der Waals surface area contributed by atoms with E-state index in [9.17, 15) is 5.11 Å². The minimum Gasteiger partial charge on any atom is -0.507 e. The second kappa shape index (κ2) is 4.10. The number of hydrogen-bond acceptors (Lipinski definition) is 2. The van der Waals surface area contributed by atoms with Crippen molar-refractivity contribution in [3.05, 3.63) is 28.3 Å². The minimum atomic E-state index is -0.00880. The Balaban J connectivity index is 3.36. The van der Waals surface area contributed by atoms with Gasteiger partial charge in [-0.05, 0) is 48.4 Å². The molecule has 0 amide bonds. The number of nitrogens with two attached hydrogens (primary N) is 1. The fraction of sp³-hybridized carbons (Fsp3) is 0.571. The topological polar surface area (TPSA) is 46.2 Å². The molecule has 3 N–H and O–H groups in total. The van der Waals surface area contributed by atoms with E-state index in [1.165, 1.54) is 0 Å². The number of phenols is 1. The first-order valence-corrected chi connectivity index (χ1v) is 5.71. The first-order valence-electron chi connectivity index (χ1n) is 5.71. The Morgan fingerprint density at radius 3 is 2.06 bits per heavy atom. The van der Waals surface area contributed by atoms with E-state index in [0.717, 1.165) is 22.3 Å². The lowest BCUT2D eigenvalue weighted by atomic mass is 9.80. The summed E-state index contributed by atoms with van der Waals surface area (Å²) in [6.45, 7) is 12.3. The molecule has 0 spiro atoms. The van der Waals surface area contributed by atoms with Crippen LogP contribution in [0.1, 0.15) is 49.1 Å². The Morgan fingerprint density at radius 1 is 1.12 bits per heavy atom. The molecule has 2 heteroatoms. The van der Waals surface area contributed by atoms with Gasteiger partial charge in [0.25, 0.3) is 0 Å². The predicted molar refractivity (Wildman–Crippen MR) is 68.7 cm³/mol. The number of aryl methyl sites for hydroxylation is 1. The number of rotatable bonds is 1. The van der Waals surface area contributed by atoms with E-state index in [1.807, 2.05) is 26.8 Å². The Bertz CT molecular complexity index is 402. The van der Waals surface area contributed by atoms with Gasteiger partial charge in [0.2, 0.25) is 0 Å². The van der Waals surface area contributed by atoms with Crippen LogP contribution in [0, 0.1) is 26.2 Å². The van der Waals surface area contributed by atoms with Crippen molar-refractivity contribution in [3.63, 3.8) is 0 Å². The molecule has 0 radical (unpaired) electrons. The lowest BCUT2D eigenvalue weighted by Crippen LogP contribution is -2.27. The van der Waals surface area contributed by atoms with Gasteiger partial charge in [0, 0.05) is 6.04 Å². The highest BCUT2D eigenvalue weighted by atomic mass is 16.3. The zero-order valence-corrected chi connectivity index (χ0v) is 11.2. The molecule has 0 saturated heterocycles. The third kappa shape index (κ3) is 2.22. The number of hydrogen-bond donors (Lipinski definition) is 2. The van der Waals surface area contributed by atoms with Gasteiger partial charge in [-0.3, -0.25) is 0 Å². The lowest BCUT2D eigenvalue weighted by molar-refractivity contribution is 0.325. The maximum absolute atomic E-state index is 9.86. The highest BCUT2D eigenvalue weighted by Gasteiger charge is 2.25. The Morgan fingerprint density at radius 2 is 1.62 bits per heavy atom. The van der Waals surface area contributed by atoms with Crippen molar-refractivity contribution in [2.45, 2.75) is 47.6 Å². The monoisotopic (exact) mass is 221 g/mol. The molecule has 0 aliphatic rings. The summed E-state index contributed by atoms with van der Waals surface area (Å²) in [4.78, 5) is 0. The molecule has 0 heterocycles. The van der Waals surface area contributed by atoms with Gasteiger partial charge in [0.15, 0.2) is 0 Å². The highest BCUT2D eigenvalue weighted by Crippen LogP contribution is 2.36. The van der Waals surface area contributed by atoms with Crippen molar-refractivity contribution >= 4 is 0 Å². The van der Waals surface area contributed by atoms with Crippen LogP contribution in [0.3, 0.4) is 0 Å². The lowest BCUT2D eigenvalue weighted by Gasteiger charge is -2.29. The van der Waals surface area contributed by atoms with Crippen LogP contribution in [0.2, 0.25) is 0 Å². The maximum Gasteiger partial charge on any atom is 0.121 e. The number of benzene rings is 1. The molecule has 0 aliphatic heterocycles. The predicted octanol–water partition coefficient (Wildman–Crippen LogP) is 3.36. The van der Waals surface area contributed by atoms with Gasteiger partial charge >= 0.3 is 0 Å². The summed E-state index contributed by atoms with van der Waals surface area (Å²) in [5.41, 5.74) is 10.4. The van der Waals surface area contributed by atoms with Crippen LogP contribution >= 0.6 is 0 Å². The van der Waals surface area contributed by atoms with Crippen LogP contribution in [0.4, 0.5) is 0 Å². The quantitative estimate of drug-likeness (QED) is 0.763. The van der Waals surface area contributed by atoms with Gasteiger partial charge in [-0.15, -0.1) is 0 Å². The average molecular weight is 221 g/mol. The normalized spacial score (nSPS) is 13.9. The first kappa shape index (κ1) is 13.0. The Hall–Kier alpha value is -1.02. The first-order chi connectivity index (χ1) is 7.16. The summed E-state index contributed by atoms with van der Waals surface area (Å²) in [5, 5.41) is 9.86. The van der Waals surface area contributed by atoms with Gasteiger partial charge in [-0.2, -0.15) is 0 Å². The fourth-order valence-electron chi connectivity index (χ4n) is 1.89. The zero-order chi connectivity index (χ0) is 12.7. The van der Waals surface area contributed by atoms with Gasteiger partial charge in [0.1, 0.15) is 5.75 Å². The molecular formula is C14H23NO. The van der Waals surface area contributed by atoms with Crippen LogP contribution in [-0.4, -0.2) is 5.11 Å². The second-order valence-corrected chi connectivity index (χ2v) is 5.72. The van der Waals surface area contributed by atoms with Crippen LogP contribution in [-0.2, 0) is 0 Å². The largest absolute Gasteiger partial charge is 0.507 e. The third-order valence-corrected chi connectivity index (χ3v) is 3.36. The minimum absolute atomic E-state index is 0.00880. The maximum atomic E-state index is 9.86. The molecule has 1 aromatic rings. The van der Waals surface area contributed by atoms with E-state index in [-0.39, 0.29) is 11.5 Å². The molecule has 90 valence electrons. The summed E-state index contributed by atoms with van der Waals surface area (Å²) in [6, 6.07) is 2.00. The van der Waals surface area contributed by atoms with Crippen molar-refractivity contribution in [1.82, 2.24) is 0 Å². The van der Waals surface area contributed by atoms with Crippen LogP contribution < -0.4 is 5.73 Å². The molecule has 1 unspecified atom stereocenters. The Kier molecular flexibility index (Phi) is 3.34. The van der Waals surface area contributed by atoms with E-state index >= 15 is 0 Å². The summed E-state index contributed by atoms with van der Waals surface area (Å²) < 4.78 is 0. The smallest absolute Gasteiger partial charge is 0.121 e. The average Bonchev–Trinajstić information content (AvgIpc) is 2.18. The van der Waals surface area contributed by atoms with Crippen molar-refractivity contribution in [2.75, 3.05) is 0 Å². The molecule has 2 nitrogen and oxygen atoms in total. The molecule has 0 fully saturated rings. The van der Waals surface area contributed by atoms with Gasteiger partial charge in [-0.25, -0.2) is 0 Å². The van der Waals surface area contributed by atoms with Crippen LogP contribution in [0.25, 0.3) is 0 Å². The molecule has 0 bridgehead atoms. The Labute approximate surface area is 98.5 Å². The van der Waals surface area contributed by atoms with E-state index in [4.69, 9.17) is 5.73 Å². The molecule has 0 aliphatic carbocycles. The van der Waals surface area contributed by atoms with Gasteiger partial charge in [0.05, 0.1) is 0 Å². The second-order valence-electron chi connectivity index (χ2n) is 5.72. The van der Waals surface area contributed by atoms with E-state index in [0.29, 0.717) is 5.75 Å². The van der Waals surface area contributed by atoms with Crippen molar-refractivity contribution < 1.29 is 5.11 Å². The van der Waals surface area contributed by atoms with E-state index < -0.39 is 0 Å². The highest BCUT2D eigenvalue weighted by molar-refractivity contribution is 5.49. The SMILES string of the molecule is Cc1cc(C(N)C(C)(C)C)c(C)c(C)c1O. The molecule has 1 aromatic carbocycles. The van der Waals surface area contributed by atoms with Crippen LogP contribution in [0.5, 0.6) is 5.75 Å². The fourth-order valence-corrected chi connectivity index (χ4v) is 1.89. The van der Waals surface area contributed by atoms with E-state index in [1.54, 1.807) is 0 Å². The summed E-state index contributed by atoms with van der Waals surface area (Å²) in [5.74, 6) is 0.391. The van der Waals surface area contributed by atoms with Gasteiger partial charge < -0.3 is 10.8 Å². The third-order valence-electron chi connectivity index (χ3n) is 3.36. The van der Waals surface area contributed by atoms with E-state index in [2.05, 4.69) is 20.8 Å². The standard InChI is InChI=1S/C14H23NO/c1-8-7-11(13(15)14(4,5)6)9(2)10(3)12(8)16/h7,13,16H,15H2,1-6H3. The summed E-state index contributed by atoms with van der Waals surface area (Å²) in [7, 11) is 0. The molecule has 1 atom stereocenters. The molecule has 0 saturated carbocycles. The van der Waals surface area contributed by atoms with Gasteiger partial charge in [-0.1, -0.05) is 26.8 Å². The molecule has 0 aromatic heterocycles. The van der Waals surface area contributed by atoms with Crippen molar-refractivity contribution in [2.24, 2.45) is 11.1 Å². The summed E-state index contributed by atoms with van der Waals surface area (Å²) >= 11 is 0. The molecule has 1 rings (SSSR count). The number of phenolic OH excluding ortho intramolecular Hbond substituents is 1. The van der Waals surface area contributed by atoms with Crippen molar-refractivity contribution in [3.8, 4) is 5.75 Å².